The fourth-order valence-corrected chi connectivity index (χ4v) is 1.41. The van der Waals surface area contributed by atoms with Gasteiger partial charge in [-0.05, 0) is 26.2 Å². The monoisotopic (exact) mass is 258 g/mol. The summed E-state index contributed by atoms with van der Waals surface area (Å²) in [4.78, 5) is 32.6. The first-order valence-corrected chi connectivity index (χ1v) is 6.31. The van der Waals surface area contributed by atoms with E-state index in [9.17, 15) is 14.4 Å². The van der Waals surface area contributed by atoms with Gasteiger partial charge >= 0.3 is 5.97 Å². The molecule has 0 unspecified atom stereocenters. The minimum absolute atomic E-state index is 0.0354. The lowest BCUT2D eigenvalue weighted by Gasteiger charge is -2.04. The second-order valence-electron chi connectivity index (χ2n) is 4.01. The highest BCUT2D eigenvalue weighted by Gasteiger charge is 2.04. The van der Waals surface area contributed by atoms with Crippen LogP contribution in [-0.2, 0) is 14.4 Å². The van der Waals surface area contributed by atoms with Crippen molar-refractivity contribution in [1.29, 1.82) is 0 Å². The van der Waals surface area contributed by atoms with Gasteiger partial charge in [0.15, 0.2) is 0 Å². The molecule has 6 nitrogen and oxygen atoms in total. The van der Waals surface area contributed by atoms with Crippen LogP contribution < -0.4 is 10.6 Å². The topological polar surface area (TPSA) is 95.5 Å². The molecule has 104 valence electrons. The van der Waals surface area contributed by atoms with Crippen LogP contribution in [-0.4, -0.2) is 36.0 Å². The maximum absolute atomic E-state index is 11.3. The molecular weight excluding hydrogens is 236 g/mol. The van der Waals surface area contributed by atoms with Crippen molar-refractivity contribution in [2.75, 3.05) is 13.1 Å². The van der Waals surface area contributed by atoms with Gasteiger partial charge < -0.3 is 15.7 Å². The van der Waals surface area contributed by atoms with E-state index >= 15 is 0 Å². The van der Waals surface area contributed by atoms with Gasteiger partial charge in [-0.1, -0.05) is 0 Å². The predicted molar refractivity (Wildman–Crippen MR) is 67.0 cm³/mol. The van der Waals surface area contributed by atoms with Crippen molar-refractivity contribution < 1.29 is 19.5 Å². The van der Waals surface area contributed by atoms with Crippen LogP contribution >= 0.6 is 0 Å². The first kappa shape index (κ1) is 16.4. The molecule has 0 aromatic rings. The van der Waals surface area contributed by atoms with E-state index in [1.165, 1.54) is 0 Å². The normalized spacial score (nSPS) is 9.83. The van der Waals surface area contributed by atoms with Crippen molar-refractivity contribution in [2.45, 2.75) is 45.4 Å². The fourth-order valence-electron chi connectivity index (χ4n) is 1.41. The second kappa shape index (κ2) is 10.6. The second-order valence-corrected chi connectivity index (χ2v) is 4.01. The third kappa shape index (κ3) is 10.9. The predicted octanol–water partition coefficient (Wildman–Crippen LogP) is 0.664. The van der Waals surface area contributed by atoms with Gasteiger partial charge in [0, 0.05) is 32.4 Å². The summed E-state index contributed by atoms with van der Waals surface area (Å²) in [6.45, 7) is 2.95. The summed E-state index contributed by atoms with van der Waals surface area (Å²) in [5.41, 5.74) is 0. The molecule has 0 bridgehead atoms. The molecule has 3 N–H and O–H groups in total. The number of nitrogens with one attached hydrogen (secondary N) is 2. The number of rotatable bonds is 10. The van der Waals surface area contributed by atoms with Crippen LogP contribution in [0.2, 0.25) is 0 Å². The highest BCUT2D eigenvalue weighted by Crippen LogP contribution is 1.97. The molecule has 2 amide bonds. The quantitative estimate of drug-likeness (QED) is 0.502. The maximum Gasteiger partial charge on any atom is 0.303 e. The van der Waals surface area contributed by atoms with E-state index < -0.39 is 5.97 Å². The lowest BCUT2D eigenvalue weighted by atomic mass is 10.2. The van der Waals surface area contributed by atoms with E-state index in [1.54, 1.807) is 0 Å². The van der Waals surface area contributed by atoms with Gasteiger partial charge in [0.05, 0.1) is 0 Å². The Morgan fingerprint density at radius 3 is 2.06 bits per heavy atom. The van der Waals surface area contributed by atoms with Crippen LogP contribution in [0.15, 0.2) is 0 Å². The summed E-state index contributed by atoms with van der Waals surface area (Å²) in [7, 11) is 0. The van der Waals surface area contributed by atoms with E-state index in [0.717, 1.165) is 0 Å². The molecule has 0 aliphatic rings. The zero-order valence-electron chi connectivity index (χ0n) is 10.8. The molecular formula is C12H22N2O4. The molecule has 18 heavy (non-hydrogen) atoms. The number of amides is 2. The number of hydrogen-bond acceptors (Lipinski definition) is 3. The average Bonchev–Trinajstić information content (AvgIpc) is 2.28. The average molecular weight is 258 g/mol. The van der Waals surface area contributed by atoms with E-state index in [2.05, 4.69) is 10.6 Å². The van der Waals surface area contributed by atoms with Gasteiger partial charge in [0.25, 0.3) is 0 Å². The van der Waals surface area contributed by atoms with Crippen LogP contribution in [0.4, 0.5) is 0 Å². The Labute approximate surface area is 107 Å². The standard InChI is InChI=1S/C12H22N2O4/c1-2-13-10(15)6-5-7-11(16)14-9-4-3-8-12(17)18/h2-9H2,1H3,(H,13,15)(H,14,16)(H,17,18). The number of carbonyl (C=O) groups is 3. The van der Waals surface area contributed by atoms with Crippen LogP contribution in [0.5, 0.6) is 0 Å². The Kier molecular flexibility index (Phi) is 9.62. The van der Waals surface area contributed by atoms with Crippen LogP contribution in [0, 0.1) is 0 Å². The SMILES string of the molecule is CCNC(=O)CCCC(=O)NCCCCC(=O)O. The van der Waals surface area contributed by atoms with Crippen LogP contribution in [0.25, 0.3) is 0 Å². The number of carbonyl (C=O) groups excluding carboxylic acids is 2. The van der Waals surface area contributed by atoms with Crippen molar-refractivity contribution in [3.63, 3.8) is 0 Å². The van der Waals surface area contributed by atoms with Gasteiger partial charge in [-0.25, -0.2) is 0 Å². The molecule has 0 fully saturated rings. The molecule has 6 heteroatoms. The minimum atomic E-state index is -0.816. The largest absolute Gasteiger partial charge is 0.481 e. The van der Waals surface area contributed by atoms with Crippen LogP contribution in [0.3, 0.4) is 0 Å². The minimum Gasteiger partial charge on any atom is -0.481 e. The first-order chi connectivity index (χ1) is 8.56. The molecule has 0 saturated heterocycles. The van der Waals surface area contributed by atoms with Crippen molar-refractivity contribution in [2.24, 2.45) is 0 Å². The number of carboxylic acids is 1. The molecule has 0 spiro atoms. The van der Waals surface area contributed by atoms with Gasteiger partial charge in [-0.15, -0.1) is 0 Å². The summed E-state index contributed by atoms with van der Waals surface area (Å²) in [5, 5.41) is 13.8. The Morgan fingerprint density at radius 2 is 1.50 bits per heavy atom. The lowest BCUT2D eigenvalue weighted by molar-refractivity contribution is -0.137. The fraction of sp³-hybridized carbons (Fsp3) is 0.750. The molecule has 0 aromatic heterocycles. The summed E-state index contributed by atoms with van der Waals surface area (Å²) in [5.74, 6) is -0.940. The van der Waals surface area contributed by atoms with Crippen molar-refractivity contribution in [3.8, 4) is 0 Å². The smallest absolute Gasteiger partial charge is 0.303 e. The molecule has 0 atom stereocenters. The summed E-state index contributed by atoms with van der Waals surface area (Å²) < 4.78 is 0. The number of aliphatic carboxylic acids is 1. The Hall–Kier alpha value is -1.59. The Bertz CT molecular complexity index is 279. The van der Waals surface area contributed by atoms with E-state index in [-0.39, 0.29) is 18.2 Å². The third-order valence-corrected chi connectivity index (χ3v) is 2.32. The van der Waals surface area contributed by atoms with Gasteiger partial charge in [0.1, 0.15) is 0 Å². The van der Waals surface area contributed by atoms with Gasteiger partial charge in [0.2, 0.25) is 11.8 Å². The van der Waals surface area contributed by atoms with E-state index in [4.69, 9.17) is 5.11 Å². The lowest BCUT2D eigenvalue weighted by Crippen LogP contribution is -2.26. The van der Waals surface area contributed by atoms with Crippen molar-refractivity contribution in [1.82, 2.24) is 10.6 Å². The molecule has 0 heterocycles. The summed E-state index contributed by atoms with van der Waals surface area (Å²) in [6, 6.07) is 0. The van der Waals surface area contributed by atoms with Gasteiger partial charge in [-0.2, -0.15) is 0 Å². The molecule has 0 aliphatic carbocycles. The van der Waals surface area contributed by atoms with Crippen molar-refractivity contribution in [3.05, 3.63) is 0 Å². The molecule has 0 rings (SSSR count). The number of unbranched alkanes of at least 4 members (excludes halogenated alkanes) is 1. The molecule has 0 aliphatic heterocycles. The molecule has 0 saturated carbocycles. The van der Waals surface area contributed by atoms with E-state index in [0.29, 0.717) is 45.2 Å². The molecule has 0 radical (unpaired) electrons. The Balaban J connectivity index is 3.37. The number of hydrogen-bond donors (Lipinski definition) is 3. The summed E-state index contributed by atoms with van der Waals surface area (Å²) in [6.07, 6.45) is 2.58. The van der Waals surface area contributed by atoms with E-state index in [1.807, 2.05) is 6.92 Å². The third-order valence-electron chi connectivity index (χ3n) is 2.32. The van der Waals surface area contributed by atoms with Crippen molar-refractivity contribution >= 4 is 17.8 Å². The molecule has 0 aromatic carbocycles. The highest BCUT2D eigenvalue weighted by molar-refractivity contribution is 5.78. The Morgan fingerprint density at radius 1 is 0.889 bits per heavy atom. The number of carboxylic acid groups (broad SMARTS) is 1. The summed E-state index contributed by atoms with van der Waals surface area (Å²) >= 11 is 0. The van der Waals surface area contributed by atoms with Crippen LogP contribution in [0.1, 0.15) is 45.4 Å². The maximum atomic E-state index is 11.3. The first-order valence-electron chi connectivity index (χ1n) is 6.31. The van der Waals surface area contributed by atoms with Gasteiger partial charge in [-0.3, -0.25) is 14.4 Å². The zero-order chi connectivity index (χ0) is 13.8. The highest BCUT2D eigenvalue weighted by atomic mass is 16.4. The zero-order valence-corrected chi connectivity index (χ0v) is 10.8.